The molecule has 0 fully saturated rings. The minimum absolute atomic E-state index is 0.880. The maximum Gasteiger partial charge on any atom is 0.143 e. The van der Waals surface area contributed by atoms with Crippen molar-refractivity contribution in [3.05, 3.63) is 164 Å². The largest absolute Gasteiger partial charge is 0.455 e. The first-order valence-corrected chi connectivity index (χ1v) is 14.3. The molecule has 198 valence electrons. The molecule has 1 aromatic heterocycles. The highest BCUT2D eigenvalue weighted by atomic mass is 16.3. The first kappa shape index (κ1) is 24.2. The fourth-order valence-electron chi connectivity index (χ4n) is 6.02. The molecule has 0 spiro atoms. The fourth-order valence-corrected chi connectivity index (χ4v) is 6.02. The summed E-state index contributed by atoms with van der Waals surface area (Å²) in [6.45, 7) is 0. The molecule has 0 atom stereocenters. The molecule has 0 N–H and O–H groups in total. The number of hydrogen-bond donors (Lipinski definition) is 0. The first-order chi connectivity index (χ1) is 20.8. The van der Waals surface area contributed by atoms with Gasteiger partial charge in [-0.05, 0) is 70.1 Å². The van der Waals surface area contributed by atoms with E-state index < -0.39 is 0 Å². The Hall–Kier alpha value is -5.60. The Morgan fingerprint density at radius 3 is 1.55 bits per heavy atom. The highest BCUT2D eigenvalue weighted by Gasteiger charge is 2.20. The highest BCUT2D eigenvalue weighted by Crippen LogP contribution is 2.44. The topological polar surface area (TPSA) is 16.4 Å². The number of fused-ring (bicyclic) bond motifs is 5. The lowest BCUT2D eigenvalue weighted by Crippen LogP contribution is -2.10. The van der Waals surface area contributed by atoms with Gasteiger partial charge in [-0.1, -0.05) is 121 Å². The zero-order valence-corrected chi connectivity index (χ0v) is 22.9. The highest BCUT2D eigenvalue weighted by molar-refractivity contribution is 6.19. The molecule has 0 amide bonds. The van der Waals surface area contributed by atoms with E-state index in [0.29, 0.717) is 0 Å². The van der Waals surface area contributed by atoms with Crippen LogP contribution in [-0.4, -0.2) is 0 Å². The van der Waals surface area contributed by atoms with E-state index in [1.807, 2.05) is 0 Å². The number of benzene rings is 7. The molecule has 2 nitrogen and oxygen atoms in total. The first-order valence-electron chi connectivity index (χ1n) is 14.3. The molecule has 0 saturated carbocycles. The molecule has 0 aliphatic heterocycles. The van der Waals surface area contributed by atoms with Crippen molar-refractivity contribution < 1.29 is 4.42 Å². The van der Waals surface area contributed by atoms with Crippen LogP contribution in [0.15, 0.2) is 168 Å². The molecule has 0 saturated heterocycles. The van der Waals surface area contributed by atoms with E-state index in [9.17, 15) is 0 Å². The van der Waals surface area contributed by atoms with Crippen LogP contribution in [0.2, 0.25) is 0 Å². The van der Waals surface area contributed by atoms with Crippen molar-refractivity contribution in [2.75, 3.05) is 4.90 Å². The van der Waals surface area contributed by atoms with Gasteiger partial charge in [0.05, 0.1) is 11.1 Å². The quantitative estimate of drug-likeness (QED) is 0.217. The molecule has 0 bridgehead atoms. The molecule has 7 aromatic carbocycles. The predicted molar refractivity (Wildman–Crippen MR) is 177 cm³/mol. The monoisotopic (exact) mass is 537 g/mol. The van der Waals surface area contributed by atoms with Crippen LogP contribution in [0.1, 0.15) is 0 Å². The van der Waals surface area contributed by atoms with Crippen molar-refractivity contribution >= 4 is 49.8 Å². The van der Waals surface area contributed by atoms with Gasteiger partial charge in [-0.15, -0.1) is 0 Å². The molecule has 42 heavy (non-hydrogen) atoms. The van der Waals surface area contributed by atoms with Gasteiger partial charge < -0.3 is 9.32 Å². The molecule has 1 heterocycles. The van der Waals surface area contributed by atoms with Gasteiger partial charge in [0.2, 0.25) is 0 Å². The number of hydrogen-bond acceptors (Lipinski definition) is 2. The Balaban J connectivity index is 1.33. The van der Waals surface area contributed by atoms with Crippen LogP contribution in [0.3, 0.4) is 0 Å². The van der Waals surface area contributed by atoms with E-state index in [1.54, 1.807) is 0 Å². The molecule has 0 aliphatic carbocycles. The van der Waals surface area contributed by atoms with Gasteiger partial charge in [0.25, 0.3) is 0 Å². The molecule has 8 rings (SSSR count). The Morgan fingerprint density at radius 1 is 0.381 bits per heavy atom. The van der Waals surface area contributed by atoms with Crippen molar-refractivity contribution in [2.45, 2.75) is 0 Å². The number of anilines is 3. The maximum atomic E-state index is 6.56. The normalized spacial score (nSPS) is 11.3. The molecule has 0 radical (unpaired) electrons. The van der Waals surface area contributed by atoms with Gasteiger partial charge in [0, 0.05) is 22.1 Å². The Morgan fingerprint density at radius 2 is 0.929 bits per heavy atom. The predicted octanol–water partition coefficient (Wildman–Crippen LogP) is 11.5. The van der Waals surface area contributed by atoms with Crippen molar-refractivity contribution in [1.29, 1.82) is 0 Å². The third-order valence-electron chi connectivity index (χ3n) is 8.07. The van der Waals surface area contributed by atoms with Crippen LogP contribution >= 0.6 is 0 Å². The standard InChI is InChI=1S/C40H27NO/c1-3-10-28(11-4-1)30-18-23-33(24-19-30)41(34-25-20-31(21-26-34)29-12-5-2-6-13-29)37-16-9-17-38-39(37)36-27-22-32-14-7-8-15-35(32)40(36)42-38/h1-27H. The zero-order chi connectivity index (χ0) is 27.9. The van der Waals surface area contributed by atoms with Gasteiger partial charge in [0.1, 0.15) is 11.2 Å². The van der Waals surface area contributed by atoms with Crippen molar-refractivity contribution in [3.8, 4) is 22.3 Å². The lowest BCUT2D eigenvalue weighted by molar-refractivity contribution is 0.672. The van der Waals surface area contributed by atoms with E-state index in [4.69, 9.17) is 4.42 Å². The molecular formula is C40H27NO. The summed E-state index contributed by atoms with van der Waals surface area (Å²) in [5.74, 6) is 0. The smallest absolute Gasteiger partial charge is 0.143 e. The Labute approximate surface area is 244 Å². The summed E-state index contributed by atoms with van der Waals surface area (Å²) in [6.07, 6.45) is 0. The summed E-state index contributed by atoms with van der Waals surface area (Å²) < 4.78 is 6.56. The zero-order valence-electron chi connectivity index (χ0n) is 22.9. The van der Waals surface area contributed by atoms with E-state index in [0.717, 1.165) is 44.4 Å². The number of nitrogens with zero attached hydrogens (tertiary/aromatic N) is 1. The molecule has 0 unspecified atom stereocenters. The van der Waals surface area contributed by atoms with Crippen LogP contribution in [-0.2, 0) is 0 Å². The van der Waals surface area contributed by atoms with E-state index in [-0.39, 0.29) is 0 Å². The van der Waals surface area contributed by atoms with Gasteiger partial charge >= 0.3 is 0 Å². The average Bonchev–Trinajstić information content (AvgIpc) is 3.47. The number of furan rings is 1. The molecule has 2 heteroatoms. The second-order valence-corrected chi connectivity index (χ2v) is 10.6. The second kappa shape index (κ2) is 10.1. The lowest BCUT2D eigenvalue weighted by Gasteiger charge is -2.26. The van der Waals surface area contributed by atoms with Crippen LogP contribution < -0.4 is 4.90 Å². The number of rotatable bonds is 5. The average molecular weight is 538 g/mol. The van der Waals surface area contributed by atoms with E-state index in [2.05, 4.69) is 169 Å². The van der Waals surface area contributed by atoms with Crippen LogP contribution in [0, 0.1) is 0 Å². The molecule has 8 aromatic rings. The van der Waals surface area contributed by atoms with Crippen molar-refractivity contribution in [1.82, 2.24) is 0 Å². The molecular weight excluding hydrogens is 510 g/mol. The lowest BCUT2D eigenvalue weighted by atomic mass is 10.0. The Kier molecular flexibility index (Phi) is 5.82. The summed E-state index contributed by atoms with van der Waals surface area (Å²) >= 11 is 0. The molecule has 0 aliphatic rings. The van der Waals surface area contributed by atoms with Crippen molar-refractivity contribution in [3.63, 3.8) is 0 Å². The van der Waals surface area contributed by atoms with Crippen molar-refractivity contribution in [2.24, 2.45) is 0 Å². The second-order valence-electron chi connectivity index (χ2n) is 10.6. The van der Waals surface area contributed by atoms with Crippen LogP contribution in [0.25, 0.3) is 55.0 Å². The maximum absolute atomic E-state index is 6.56. The van der Waals surface area contributed by atoms with E-state index >= 15 is 0 Å². The van der Waals surface area contributed by atoms with Gasteiger partial charge in [0.15, 0.2) is 0 Å². The summed E-state index contributed by atoms with van der Waals surface area (Å²) in [6, 6.07) is 57.9. The van der Waals surface area contributed by atoms with Crippen LogP contribution in [0.4, 0.5) is 17.1 Å². The van der Waals surface area contributed by atoms with E-state index in [1.165, 1.54) is 27.6 Å². The summed E-state index contributed by atoms with van der Waals surface area (Å²) in [5, 5.41) is 4.53. The SMILES string of the molecule is c1ccc(-c2ccc(N(c3ccc(-c4ccccc4)cc3)c3cccc4oc5c6ccccc6ccc5c34)cc2)cc1. The third-order valence-corrected chi connectivity index (χ3v) is 8.07. The van der Waals surface area contributed by atoms with Crippen LogP contribution in [0.5, 0.6) is 0 Å². The van der Waals surface area contributed by atoms with Gasteiger partial charge in [-0.25, -0.2) is 0 Å². The third kappa shape index (κ3) is 4.13. The summed E-state index contributed by atoms with van der Waals surface area (Å²) in [7, 11) is 0. The summed E-state index contributed by atoms with van der Waals surface area (Å²) in [5.41, 5.74) is 9.86. The summed E-state index contributed by atoms with van der Waals surface area (Å²) in [4.78, 5) is 2.34. The van der Waals surface area contributed by atoms with Gasteiger partial charge in [-0.3, -0.25) is 0 Å². The minimum Gasteiger partial charge on any atom is -0.455 e. The Bertz CT molecular complexity index is 2080. The minimum atomic E-state index is 0.880. The van der Waals surface area contributed by atoms with Gasteiger partial charge in [-0.2, -0.15) is 0 Å². The fraction of sp³-hybridized carbons (Fsp3) is 0.